The van der Waals surface area contributed by atoms with Crippen LogP contribution in [0, 0.1) is 13.8 Å². The molecule has 0 spiro atoms. The van der Waals surface area contributed by atoms with Crippen LogP contribution in [-0.4, -0.2) is 46.0 Å². The van der Waals surface area contributed by atoms with E-state index >= 15 is 0 Å². The highest BCUT2D eigenvalue weighted by molar-refractivity contribution is 7.99. The number of hydrogen-bond acceptors (Lipinski definition) is 7. The highest BCUT2D eigenvalue weighted by atomic mass is 35.5. The van der Waals surface area contributed by atoms with Gasteiger partial charge in [0.2, 0.25) is 5.91 Å². The van der Waals surface area contributed by atoms with Crippen LogP contribution in [0.25, 0.3) is 5.69 Å². The van der Waals surface area contributed by atoms with Crippen LogP contribution < -0.4 is 20.1 Å². The normalized spacial score (nSPS) is 10.7. The first-order valence-corrected chi connectivity index (χ1v) is 13.4. The third kappa shape index (κ3) is 7.52. The molecule has 0 saturated heterocycles. The molecule has 0 fully saturated rings. The molecule has 0 saturated carbocycles. The fraction of sp³-hybridized carbons (Fsp3) is 0.214. The first-order chi connectivity index (χ1) is 18.8. The number of nitrogens with one attached hydrogen (secondary N) is 2. The van der Waals surface area contributed by atoms with Gasteiger partial charge in [0.1, 0.15) is 11.5 Å². The summed E-state index contributed by atoms with van der Waals surface area (Å²) >= 11 is 7.12. The summed E-state index contributed by atoms with van der Waals surface area (Å²) in [7, 11) is 1.57. The summed E-state index contributed by atoms with van der Waals surface area (Å²) in [5.74, 6) is 1.21. The van der Waals surface area contributed by atoms with Gasteiger partial charge in [-0.15, -0.1) is 10.2 Å². The number of para-hydroxylation sites is 2. The van der Waals surface area contributed by atoms with Crippen molar-refractivity contribution in [2.75, 3.05) is 24.8 Å². The number of carbonyl (C=O) groups excluding carboxylic acids is 2. The molecule has 0 atom stereocenters. The lowest BCUT2D eigenvalue weighted by molar-refractivity contribution is -0.123. The van der Waals surface area contributed by atoms with Gasteiger partial charge in [0.05, 0.1) is 25.1 Å². The summed E-state index contributed by atoms with van der Waals surface area (Å²) in [5, 5.41) is 15.4. The number of anilines is 1. The molecule has 4 rings (SSSR count). The largest absolute Gasteiger partial charge is 0.495 e. The zero-order valence-electron chi connectivity index (χ0n) is 21.7. The molecule has 0 radical (unpaired) electrons. The summed E-state index contributed by atoms with van der Waals surface area (Å²) in [5.41, 5.74) is 3.50. The van der Waals surface area contributed by atoms with Crippen LogP contribution in [0.5, 0.6) is 11.5 Å². The third-order valence-electron chi connectivity index (χ3n) is 5.65. The van der Waals surface area contributed by atoms with Crippen LogP contribution in [0.15, 0.2) is 71.9 Å². The van der Waals surface area contributed by atoms with Gasteiger partial charge in [0, 0.05) is 10.7 Å². The number of halogens is 1. The highest BCUT2D eigenvalue weighted by Crippen LogP contribution is 2.29. The number of methoxy groups -OCH3 is 1. The number of hydrogen-bond donors (Lipinski definition) is 2. The van der Waals surface area contributed by atoms with Gasteiger partial charge in [-0.25, -0.2) is 0 Å². The van der Waals surface area contributed by atoms with Crippen LogP contribution in [0.1, 0.15) is 17.0 Å². The second kappa shape index (κ2) is 13.2. The van der Waals surface area contributed by atoms with Gasteiger partial charge in [-0.2, -0.15) is 0 Å². The van der Waals surface area contributed by atoms with E-state index in [0.29, 0.717) is 33.2 Å². The average Bonchev–Trinajstić information content (AvgIpc) is 3.35. The number of aryl methyl sites for hydroxylation is 2. The molecule has 0 aliphatic heterocycles. The molecular weight excluding hydrogens is 538 g/mol. The molecule has 1 heterocycles. The molecule has 0 aliphatic rings. The van der Waals surface area contributed by atoms with Crippen molar-refractivity contribution in [2.24, 2.45) is 0 Å². The molecule has 0 aliphatic carbocycles. The molecule has 9 nitrogen and oxygen atoms in total. The summed E-state index contributed by atoms with van der Waals surface area (Å²) < 4.78 is 12.8. The number of amides is 2. The first-order valence-electron chi connectivity index (χ1n) is 12.1. The van der Waals surface area contributed by atoms with Crippen molar-refractivity contribution >= 4 is 40.9 Å². The maximum Gasteiger partial charge on any atom is 0.258 e. The maximum absolute atomic E-state index is 12.8. The molecule has 11 heteroatoms. The molecule has 2 amide bonds. The van der Waals surface area contributed by atoms with Crippen LogP contribution in [0.4, 0.5) is 5.69 Å². The summed E-state index contributed by atoms with van der Waals surface area (Å²) in [6.45, 7) is 3.83. The van der Waals surface area contributed by atoms with Crippen molar-refractivity contribution in [2.45, 2.75) is 25.5 Å². The van der Waals surface area contributed by atoms with Crippen LogP contribution in [0.2, 0.25) is 5.02 Å². The van der Waals surface area contributed by atoms with Crippen molar-refractivity contribution in [3.05, 3.63) is 88.7 Å². The van der Waals surface area contributed by atoms with Gasteiger partial charge < -0.3 is 20.1 Å². The third-order valence-corrected chi connectivity index (χ3v) is 6.83. The molecule has 202 valence electrons. The predicted octanol–water partition coefficient (Wildman–Crippen LogP) is 4.97. The molecular formula is C28H28ClN5O4S. The topological polar surface area (TPSA) is 107 Å². The standard InChI is InChI=1S/C28H28ClN5O4S/c1-18-8-9-19(2)22(14-18)31-27(36)17-39-28-33-32-25(34(28)23-6-4-5-7-24(23)37-3)15-30-26(35)16-38-21-12-10-20(29)11-13-21/h4-14H,15-17H2,1-3H3,(H,30,35)(H,31,36). The van der Waals surface area contributed by atoms with Crippen molar-refractivity contribution in [3.63, 3.8) is 0 Å². The highest BCUT2D eigenvalue weighted by Gasteiger charge is 2.19. The van der Waals surface area contributed by atoms with E-state index in [9.17, 15) is 9.59 Å². The Hall–Kier alpha value is -4.02. The minimum absolute atomic E-state index is 0.0864. The number of thioether (sulfide) groups is 1. The van der Waals surface area contributed by atoms with Crippen molar-refractivity contribution in [1.29, 1.82) is 0 Å². The van der Waals surface area contributed by atoms with Gasteiger partial charge >= 0.3 is 0 Å². The quantitative estimate of drug-likeness (QED) is 0.247. The fourth-order valence-corrected chi connectivity index (χ4v) is 4.55. The van der Waals surface area contributed by atoms with Crippen molar-refractivity contribution in [3.8, 4) is 17.2 Å². The van der Waals surface area contributed by atoms with Gasteiger partial charge in [0.25, 0.3) is 5.91 Å². The molecule has 1 aromatic heterocycles. The summed E-state index contributed by atoms with van der Waals surface area (Å²) in [6, 6.07) is 20.1. The lowest BCUT2D eigenvalue weighted by atomic mass is 10.1. The van der Waals surface area contributed by atoms with E-state index in [2.05, 4.69) is 20.8 Å². The number of aromatic nitrogens is 3. The first kappa shape index (κ1) is 28.0. The number of carbonyl (C=O) groups is 2. The van der Waals surface area contributed by atoms with Gasteiger partial charge in [-0.05, 0) is 67.4 Å². The Kier molecular flexibility index (Phi) is 9.45. The van der Waals surface area contributed by atoms with E-state index in [-0.39, 0.29) is 30.7 Å². The predicted molar refractivity (Wildman–Crippen MR) is 152 cm³/mol. The number of rotatable bonds is 11. The molecule has 3 aromatic carbocycles. The molecule has 0 unspecified atom stereocenters. The van der Waals surface area contributed by atoms with E-state index in [0.717, 1.165) is 16.8 Å². The monoisotopic (exact) mass is 565 g/mol. The second-order valence-corrected chi connectivity index (χ2v) is 9.96. The Morgan fingerprint density at radius 1 is 1.00 bits per heavy atom. The van der Waals surface area contributed by atoms with Crippen LogP contribution in [0.3, 0.4) is 0 Å². The van der Waals surface area contributed by atoms with E-state index in [1.165, 1.54) is 11.8 Å². The fourth-order valence-electron chi connectivity index (χ4n) is 3.66. The molecule has 2 N–H and O–H groups in total. The van der Waals surface area contributed by atoms with Gasteiger partial charge in [-0.3, -0.25) is 14.2 Å². The number of ether oxygens (including phenoxy) is 2. The minimum Gasteiger partial charge on any atom is -0.495 e. The van der Waals surface area contributed by atoms with E-state index < -0.39 is 0 Å². The lowest BCUT2D eigenvalue weighted by Crippen LogP contribution is -2.29. The average molecular weight is 566 g/mol. The Balaban J connectivity index is 1.46. The SMILES string of the molecule is COc1ccccc1-n1c(CNC(=O)COc2ccc(Cl)cc2)nnc1SCC(=O)Nc1cc(C)ccc1C. The van der Waals surface area contributed by atoms with Crippen LogP contribution >= 0.6 is 23.4 Å². The van der Waals surface area contributed by atoms with E-state index in [1.807, 2.05) is 56.3 Å². The zero-order valence-corrected chi connectivity index (χ0v) is 23.3. The number of benzene rings is 3. The van der Waals surface area contributed by atoms with Gasteiger partial charge in [0.15, 0.2) is 17.6 Å². The lowest BCUT2D eigenvalue weighted by Gasteiger charge is -2.14. The molecule has 39 heavy (non-hydrogen) atoms. The van der Waals surface area contributed by atoms with E-state index in [4.69, 9.17) is 21.1 Å². The summed E-state index contributed by atoms with van der Waals surface area (Å²) in [6.07, 6.45) is 0. The van der Waals surface area contributed by atoms with Gasteiger partial charge in [-0.1, -0.05) is 47.6 Å². The van der Waals surface area contributed by atoms with Crippen molar-refractivity contribution < 1.29 is 19.1 Å². The molecule has 4 aromatic rings. The second-order valence-electron chi connectivity index (χ2n) is 8.58. The Labute approximate surface area is 235 Å². The van der Waals surface area contributed by atoms with E-state index in [1.54, 1.807) is 35.9 Å². The Morgan fingerprint density at radius 2 is 1.77 bits per heavy atom. The smallest absolute Gasteiger partial charge is 0.258 e. The minimum atomic E-state index is -0.332. The van der Waals surface area contributed by atoms with Crippen molar-refractivity contribution in [1.82, 2.24) is 20.1 Å². The zero-order chi connectivity index (χ0) is 27.8. The summed E-state index contributed by atoms with van der Waals surface area (Å²) in [4.78, 5) is 25.2. The Morgan fingerprint density at radius 3 is 2.54 bits per heavy atom. The molecule has 0 bridgehead atoms. The maximum atomic E-state index is 12.8. The number of nitrogens with zero attached hydrogens (tertiary/aromatic N) is 3. The Bertz CT molecular complexity index is 1460. The van der Waals surface area contributed by atoms with Crippen LogP contribution in [-0.2, 0) is 16.1 Å².